The van der Waals surface area contributed by atoms with E-state index in [0.717, 1.165) is 0 Å². The second kappa shape index (κ2) is 3.74. The highest BCUT2D eigenvalue weighted by Gasteiger charge is 2.36. The average Bonchev–Trinajstić information content (AvgIpc) is 2.29. The first kappa shape index (κ1) is 9.98. The summed E-state index contributed by atoms with van der Waals surface area (Å²) in [5, 5.41) is 11.5. The first-order valence-electron chi connectivity index (χ1n) is 4.19. The van der Waals surface area contributed by atoms with Crippen molar-refractivity contribution in [3.05, 3.63) is 0 Å². The summed E-state index contributed by atoms with van der Waals surface area (Å²) in [4.78, 5) is 23.4. The Morgan fingerprint density at radius 3 is 2.54 bits per heavy atom. The van der Waals surface area contributed by atoms with E-state index >= 15 is 0 Å². The number of rotatable bonds is 2. The molecule has 13 heavy (non-hydrogen) atoms. The summed E-state index contributed by atoms with van der Waals surface area (Å²) < 4.78 is 0. The molecule has 0 aromatic carbocycles. The first-order chi connectivity index (χ1) is 6.00. The van der Waals surface area contributed by atoms with E-state index in [2.05, 4.69) is 5.32 Å². The largest absolute Gasteiger partial charge is 0.481 e. The number of aliphatic carboxylic acids is 1. The third kappa shape index (κ3) is 2.42. The number of carboxylic acids is 1. The Hall–Kier alpha value is -1.10. The van der Waals surface area contributed by atoms with Crippen molar-refractivity contribution >= 4 is 11.9 Å². The van der Waals surface area contributed by atoms with Gasteiger partial charge in [-0.1, -0.05) is 0 Å². The van der Waals surface area contributed by atoms with Crippen LogP contribution >= 0.6 is 0 Å². The van der Waals surface area contributed by atoms with Gasteiger partial charge in [-0.3, -0.25) is 9.59 Å². The van der Waals surface area contributed by atoms with Crippen LogP contribution in [0.2, 0.25) is 0 Å². The molecule has 0 aromatic rings. The summed E-state index contributed by atoms with van der Waals surface area (Å²) in [5.41, 5.74) is 0. The lowest BCUT2D eigenvalue weighted by Crippen LogP contribution is -2.41. The number of nitrogens with zero attached hydrogens (tertiary/aromatic N) is 1. The molecule has 1 rings (SSSR count). The van der Waals surface area contributed by atoms with Gasteiger partial charge in [-0.25, -0.2) is 0 Å². The fraction of sp³-hybridized carbons (Fsp3) is 0.750. The molecule has 2 unspecified atom stereocenters. The van der Waals surface area contributed by atoms with E-state index in [1.807, 2.05) is 11.9 Å². The molecule has 0 spiro atoms. The Balaban J connectivity index is 2.60. The van der Waals surface area contributed by atoms with Crippen molar-refractivity contribution in [2.24, 2.45) is 5.92 Å². The molecular formula is C8H14N2O3. The molecule has 0 bridgehead atoms. The fourth-order valence-corrected chi connectivity index (χ4v) is 1.66. The summed E-state index contributed by atoms with van der Waals surface area (Å²) in [6.07, 6.45) is 0. The molecule has 0 radical (unpaired) electrons. The van der Waals surface area contributed by atoms with Crippen molar-refractivity contribution in [2.75, 3.05) is 20.1 Å². The van der Waals surface area contributed by atoms with Crippen molar-refractivity contribution in [2.45, 2.75) is 13.0 Å². The minimum absolute atomic E-state index is 0.174. The Morgan fingerprint density at radius 2 is 2.08 bits per heavy atom. The van der Waals surface area contributed by atoms with Crippen LogP contribution in [0.4, 0.5) is 0 Å². The summed E-state index contributed by atoms with van der Waals surface area (Å²) in [7, 11) is 1.84. The Bertz CT molecular complexity index is 229. The molecule has 1 amide bonds. The molecule has 5 heteroatoms. The van der Waals surface area contributed by atoms with Crippen LogP contribution in [0, 0.1) is 5.92 Å². The lowest BCUT2D eigenvalue weighted by Gasteiger charge is -2.14. The van der Waals surface area contributed by atoms with Crippen LogP contribution in [0.1, 0.15) is 6.92 Å². The Kier molecular flexibility index (Phi) is 2.87. The summed E-state index contributed by atoms with van der Waals surface area (Å²) in [5.74, 6) is -1.50. The van der Waals surface area contributed by atoms with Crippen LogP contribution in [-0.4, -0.2) is 48.1 Å². The number of hydrogen-bond acceptors (Lipinski definition) is 3. The maximum absolute atomic E-state index is 10.8. The zero-order chi connectivity index (χ0) is 10.0. The first-order valence-corrected chi connectivity index (χ1v) is 4.19. The van der Waals surface area contributed by atoms with Gasteiger partial charge in [-0.15, -0.1) is 0 Å². The van der Waals surface area contributed by atoms with Crippen molar-refractivity contribution < 1.29 is 14.7 Å². The van der Waals surface area contributed by atoms with E-state index in [1.54, 1.807) is 0 Å². The molecule has 0 saturated carbocycles. The van der Waals surface area contributed by atoms with Gasteiger partial charge in [0.15, 0.2) is 0 Å². The zero-order valence-electron chi connectivity index (χ0n) is 7.78. The van der Waals surface area contributed by atoms with Gasteiger partial charge in [0, 0.05) is 20.0 Å². The average molecular weight is 186 g/mol. The minimum Gasteiger partial charge on any atom is -0.481 e. The molecule has 0 aliphatic carbocycles. The third-order valence-electron chi connectivity index (χ3n) is 2.21. The SMILES string of the molecule is CC(=O)NC1CN(C)CC1C(=O)O. The van der Waals surface area contributed by atoms with Gasteiger partial charge in [0.05, 0.1) is 12.0 Å². The summed E-state index contributed by atoms with van der Waals surface area (Å²) in [6.45, 7) is 2.51. The molecule has 1 saturated heterocycles. The summed E-state index contributed by atoms with van der Waals surface area (Å²) in [6, 6.07) is -0.250. The predicted octanol–water partition coefficient (Wildman–Crippen LogP) is -0.863. The van der Waals surface area contributed by atoms with Crippen LogP contribution in [0.25, 0.3) is 0 Å². The lowest BCUT2D eigenvalue weighted by atomic mass is 10.0. The minimum atomic E-state index is -0.844. The van der Waals surface area contributed by atoms with Crippen molar-refractivity contribution in [3.63, 3.8) is 0 Å². The van der Waals surface area contributed by atoms with E-state index < -0.39 is 11.9 Å². The van der Waals surface area contributed by atoms with Crippen LogP contribution in [0.5, 0.6) is 0 Å². The fourth-order valence-electron chi connectivity index (χ4n) is 1.66. The van der Waals surface area contributed by atoms with Crippen molar-refractivity contribution in [1.82, 2.24) is 10.2 Å². The highest BCUT2D eigenvalue weighted by atomic mass is 16.4. The lowest BCUT2D eigenvalue weighted by molar-refractivity contribution is -0.141. The number of nitrogens with one attached hydrogen (secondary N) is 1. The topological polar surface area (TPSA) is 69.6 Å². The van der Waals surface area contributed by atoms with Gasteiger partial charge in [0.1, 0.15) is 0 Å². The van der Waals surface area contributed by atoms with Crippen LogP contribution in [-0.2, 0) is 9.59 Å². The van der Waals surface area contributed by atoms with Crippen molar-refractivity contribution in [1.29, 1.82) is 0 Å². The van der Waals surface area contributed by atoms with Gasteiger partial charge in [0.2, 0.25) is 5.91 Å². The second-order valence-electron chi connectivity index (χ2n) is 3.47. The standard InChI is InChI=1S/C8H14N2O3/c1-5(11)9-7-4-10(2)3-6(7)8(12)13/h6-7H,3-4H2,1-2H3,(H,9,11)(H,12,13). The van der Waals surface area contributed by atoms with Gasteiger partial charge in [-0.05, 0) is 7.05 Å². The zero-order valence-corrected chi connectivity index (χ0v) is 7.78. The molecule has 1 heterocycles. The third-order valence-corrected chi connectivity index (χ3v) is 2.21. The molecule has 1 aliphatic heterocycles. The second-order valence-corrected chi connectivity index (χ2v) is 3.47. The quantitative estimate of drug-likeness (QED) is 0.588. The molecule has 0 aromatic heterocycles. The Labute approximate surface area is 76.7 Å². The van der Waals surface area contributed by atoms with E-state index in [-0.39, 0.29) is 11.9 Å². The van der Waals surface area contributed by atoms with Crippen LogP contribution in [0.15, 0.2) is 0 Å². The van der Waals surface area contributed by atoms with E-state index in [4.69, 9.17) is 5.11 Å². The molecular weight excluding hydrogens is 172 g/mol. The molecule has 1 fully saturated rings. The number of carboxylic acid groups (broad SMARTS) is 1. The van der Waals surface area contributed by atoms with Gasteiger partial charge < -0.3 is 15.3 Å². The molecule has 2 atom stereocenters. The van der Waals surface area contributed by atoms with Gasteiger partial charge >= 0.3 is 5.97 Å². The summed E-state index contributed by atoms with van der Waals surface area (Å²) >= 11 is 0. The number of carbonyl (C=O) groups is 2. The van der Waals surface area contributed by atoms with E-state index in [0.29, 0.717) is 13.1 Å². The molecule has 5 nitrogen and oxygen atoms in total. The maximum atomic E-state index is 10.8. The number of likely N-dealkylation sites (tertiary alicyclic amines) is 1. The Morgan fingerprint density at radius 1 is 1.46 bits per heavy atom. The molecule has 1 aliphatic rings. The smallest absolute Gasteiger partial charge is 0.309 e. The van der Waals surface area contributed by atoms with Crippen LogP contribution in [0.3, 0.4) is 0 Å². The van der Waals surface area contributed by atoms with E-state index in [1.165, 1.54) is 6.92 Å². The van der Waals surface area contributed by atoms with Crippen LogP contribution < -0.4 is 5.32 Å². The number of hydrogen-bond donors (Lipinski definition) is 2. The van der Waals surface area contributed by atoms with Gasteiger partial charge in [0.25, 0.3) is 0 Å². The molecule has 74 valence electrons. The number of amides is 1. The van der Waals surface area contributed by atoms with Crippen molar-refractivity contribution in [3.8, 4) is 0 Å². The predicted molar refractivity (Wildman–Crippen MR) is 46.2 cm³/mol. The maximum Gasteiger partial charge on any atom is 0.309 e. The normalized spacial score (nSPS) is 28.8. The van der Waals surface area contributed by atoms with E-state index in [9.17, 15) is 9.59 Å². The highest BCUT2D eigenvalue weighted by Crippen LogP contribution is 2.15. The number of likely N-dealkylation sites (N-methyl/N-ethyl adjacent to an activating group) is 1. The van der Waals surface area contributed by atoms with Gasteiger partial charge in [-0.2, -0.15) is 0 Å². The molecule has 2 N–H and O–H groups in total. The number of carbonyl (C=O) groups excluding carboxylic acids is 1. The monoisotopic (exact) mass is 186 g/mol. The highest BCUT2D eigenvalue weighted by molar-refractivity contribution is 5.76.